The summed E-state index contributed by atoms with van der Waals surface area (Å²) < 4.78 is 6.60. The van der Waals surface area contributed by atoms with Crippen molar-refractivity contribution in [1.82, 2.24) is 0 Å². The molecule has 0 saturated carbocycles. The van der Waals surface area contributed by atoms with E-state index >= 15 is 0 Å². The predicted octanol–water partition coefficient (Wildman–Crippen LogP) is 3.04. The summed E-state index contributed by atoms with van der Waals surface area (Å²) in [4.78, 5) is 0. The Morgan fingerprint density at radius 3 is 3.00 bits per heavy atom. The molecule has 1 fully saturated rings. The van der Waals surface area contributed by atoms with Crippen molar-refractivity contribution in [2.45, 2.75) is 25.5 Å². The summed E-state index contributed by atoms with van der Waals surface area (Å²) in [7, 11) is 0. The molecular formula is C11H14BrNO. The minimum atomic E-state index is 0.314. The molecule has 2 nitrogen and oxygen atoms in total. The minimum Gasteiger partial charge on any atom is -0.380 e. The Morgan fingerprint density at radius 1 is 1.50 bits per heavy atom. The Labute approximate surface area is 92.8 Å². The van der Waals surface area contributed by atoms with Crippen LogP contribution in [0.5, 0.6) is 0 Å². The van der Waals surface area contributed by atoms with Gasteiger partial charge in [0.25, 0.3) is 0 Å². The number of ether oxygens (including phenoxy) is 1. The highest BCUT2D eigenvalue weighted by molar-refractivity contribution is 9.10. The van der Waals surface area contributed by atoms with Gasteiger partial charge >= 0.3 is 0 Å². The number of rotatable bonds is 2. The van der Waals surface area contributed by atoms with E-state index in [1.807, 2.05) is 12.1 Å². The molecule has 3 heteroatoms. The zero-order chi connectivity index (χ0) is 9.97. The van der Waals surface area contributed by atoms with E-state index in [0.717, 1.165) is 23.2 Å². The van der Waals surface area contributed by atoms with Crippen molar-refractivity contribution in [3.05, 3.63) is 28.7 Å². The monoisotopic (exact) mass is 255 g/mol. The van der Waals surface area contributed by atoms with Gasteiger partial charge in [0.15, 0.2) is 0 Å². The third kappa shape index (κ3) is 2.28. The van der Waals surface area contributed by atoms with Gasteiger partial charge < -0.3 is 10.1 Å². The molecule has 0 spiro atoms. The third-order valence-electron chi connectivity index (χ3n) is 2.55. The second-order valence-electron chi connectivity index (χ2n) is 3.63. The molecule has 2 atom stereocenters. The number of halogens is 1. The summed E-state index contributed by atoms with van der Waals surface area (Å²) in [5, 5.41) is 3.48. The molecule has 1 heterocycles. The fourth-order valence-electron chi connectivity index (χ4n) is 1.71. The molecule has 0 aliphatic carbocycles. The number of hydrogen-bond donors (Lipinski definition) is 1. The van der Waals surface area contributed by atoms with Crippen molar-refractivity contribution >= 4 is 21.6 Å². The molecule has 0 bridgehead atoms. The standard InChI is InChI=1S/C11H14BrNO/c1-8-11(5-6-14-8)13-10-4-2-3-9(12)7-10/h2-4,7-8,11,13H,5-6H2,1H3/t8-,11-/m0/s1. The number of benzene rings is 1. The molecule has 14 heavy (non-hydrogen) atoms. The van der Waals surface area contributed by atoms with Crippen molar-refractivity contribution in [3.8, 4) is 0 Å². The van der Waals surface area contributed by atoms with Crippen LogP contribution in [-0.4, -0.2) is 18.8 Å². The number of hydrogen-bond acceptors (Lipinski definition) is 2. The zero-order valence-corrected chi connectivity index (χ0v) is 9.75. The normalized spacial score (nSPS) is 26.4. The third-order valence-corrected chi connectivity index (χ3v) is 3.05. The van der Waals surface area contributed by atoms with Gasteiger partial charge in [-0.25, -0.2) is 0 Å². The van der Waals surface area contributed by atoms with Crippen molar-refractivity contribution in [3.63, 3.8) is 0 Å². The van der Waals surface area contributed by atoms with Crippen LogP contribution in [0.4, 0.5) is 5.69 Å². The molecular weight excluding hydrogens is 242 g/mol. The van der Waals surface area contributed by atoms with E-state index in [2.05, 4.69) is 40.3 Å². The first-order valence-corrected chi connectivity index (χ1v) is 5.69. The summed E-state index contributed by atoms with van der Waals surface area (Å²) in [6.07, 6.45) is 1.40. The molecule has 1 N–H and O–H groups in total. The second-order valence-corrected chi connectivity index (χ2v) is 4.54. The van der Waals surface area contributed by atoms with E-state index in [-0.39, 0.29) is 0 Å². The highest BCUT2D eigenvalue weighted by Gasteiger charge is 2.23. The molecule has 1 aromatic carbocycles. The molecule has 0 aromatic heterocycles. The average molecular weight is 256 g/mol. The molecule has 1 aromatic rings. The fourth-order valence-corrected chi connectivity index (χ4v) is 2.11. The van der Waals surface area contributed by atoms with Gasteiger partial charge in [0.1, 0.15) is 0 Å². The lowest BCUT2D eigenvalue weighted by molar-refractivity contribution is 0.121. The maximum absolute atomic E-state index is 5.49. The molecule has 76 valence electrons. The molecule has 1 saturated heterocycles. The van der Waals surface area contributed by atoms with Crippen LogP contribution in [0, 0.1) is 0 Å². The summed E-state index contributed by atoms with van der Waals surface area (Å²) >= 11 is 3.46. The summed E-state index contributed by atoms with van der Waals surface area (Å²) in [6.45, 7) is 2.98. The SMILES string of the molecule is C[C@@H]1OCC[C@@H]1Nc1cccc(Br)c1. The Kier molecular flexibility index (Phi) is 3.08. The maximum Gasteiger partial charge on any atom is 0.0748 e. The summed E-state index contributed by atoms with van der Waals surface area (Å²) in [5.74, 6) is 0. The van der Waals surface area contributed by atoms with E-state index in [1.165, 1.54) is 0 Å². The van der Waals surface area contributed by atoms with E-state index in [9.17, 15) is 0 Å². The molecule has 1 aliphatic rings. The summed E-state index contributed by atoms with van der Waals surface area (Å²) in [5.41, 5.74) is 1.15. The minimum absolute atomic E-state index is 0.314. The molecule has 2 rings (SSSR count). The lowest BCUT2D eigenvalue weighted by Gasteiger charge is -2.17. The van der Waals surface area contributed by atoms with Crippen LogP contribution < -0.4 is 5.32 Å². The van der Waals surface area contributed by atoms with Crippen molar-refractivity contribution in [1.29, 1.82) is 0 Å². The van der Waals surface area contributed by atoms with E-state index in [1.54, 1.807) is 0 Å². The smallest absolute Gasteiger partial charge is 0.0748 e. The Hall–Kier alpha value is -0.540. The van der Waals surface area contributed by atoms with E-state index in [4.69, 9.17) is 4.74 Å². The number of nitrogens with one attached hydrogen (secondary N) is 1. The Balaban J connectivity index is 2.03. The van der Waals surface area contributed by atoms with Crippen LogP contribution in [0.3, 0.4) is 0 Å². The van der Waals surface area contributed by atoms with Crippen LogP contribution in [0.15, 0.2) is 28.7 Å². The molecule has 0 unspecified atom stereocenters. The van der Waals surface area contributed by atoms with Gasteiger partial charge in [0.05, 0.1) is 12.1 Å². The van der Waals surface area contributed by atoms with Crippen molar-refractivity contribution in [2.75, 3.05) is 11.9 Å². The van der Waals surface area contributed by atoms with Gasteiger partial charge in [-0.2, -0.15) is 0 Å². The van der Waals surface area contributed by atoms with Gasteiger partial charge in [-0.05, 0) is 31.5 Å². The van der Waals surface area contributed by atoms with Crippen molar-refractivity contribution < 1.29 is 4.74 Å². The van der Waals surface area contributed by atoms with E-state index in [0.29, 0.717) is 12.1 Å². The van der Waals surface area contributed by atoms with Crippen LogP contribution in [-0.2, 0) is 4.74 Å². The Morgan fingerprint density at radius 2 is 2.36 bits per heavy atom. The number of anilines is 1. The first kappa shape index (κ1) is 9.99. The predicted molar refractivity (Wildman–Crippen MR) is 61.6 cm³/mol. The molecule has 0 radical (unpaired) electrons. The van der Waals surface area contributed by atoms with Crippen LogP contribution in [0.25, 0.3) is 0 Å². The highest BCUT2D eigenvalue weighted by atomic mass is 79.9. The first-order valence-electron chi connectivity index (χ1n) is 4.89. The molecule has 1 aliphatic heterocycles. The van der Waals surface area contributed by atoms with Crippen LogP contribution >= 0.6 is 15.9 Å². The van der Waals surface area contributed by atoms with Gasteiger partial charge in [0.2, 0.25) is 0 Å². The first-order chi connectivity index (χ1) is 6.75. The van der Waals surface area contributed by atoms with Gasteiger partial charge in [-0.15, -0.1) is 0 Å². The highest BCUT2D eigenvalue weighted by Crippen LogP contribution is 2.21. The lowest BCUT2D eigenvalue weighted by atomic mass is 10.1. The largest absolute Gasteiger partial charge is 0.380 e. The lowest BCUT2D eigenvalue weighted by Crippen LogP contribution is -2.26. The average Bonchev–Trinajstić information content (AvgIpc) is 2.52. The Bertz CT molecular complexity index is 316. The quantitative estimate of drug-likeness (QED) is 0.878. The van der Waals surface area contributed by atoms with Crippen LogP contribution in [0.2, 0.25) is 0 Å². The van der Waals surface area contributed by atoms with Gasteiger partial charge in [0, 0.05) is 16.8 Å². The molecule has 0 amide bonds. The van der Waals surface area contributed by atoms with Crippen LogP contribution in [0.1, 0.15) is 13.3 Å². The summed E-state index contributed by atoms with van der Waals surface area (Å²) in [6, 6.07) is 8.68. The van der Waals surface area contributed by atoms with E-state index < -0.39 is 0 Å². The maximum atomic E-state index is 5.49. The second kappa shape index (κ2) is 4.32. The van der Waals surface area contributed by atoms with Gasteiger partial charge in [-0.1, -0.05) is 22.0 Å². The van der Waals surface area contributed by atoms with Crippen molar-refractivity contribution in [2.24, 2.45) is 0 Å². The zero-order valence-electron chi connectivity index (χ0n) is 8.16. The topological polar surface area (TPSA) is 21.3 Å². The fraction of sp³-hybridized carbons (Fsp3) is 0.455. The van der Waals surface area contributed by atoms with Gasteiger partial charge in [-0.3, -0.25) is 0 Å².